The molecule has 1 amide bonds. The molecule has 0 aliphatic carbocycles. The summed E-state index contributed by atoms with van der Waals surface area (Å²) in [7, 11) is 0. The molecule has 1 atom stereocenters. The van der Waals surface area contributed by atoms with E-state index in [0.29, 0.717) is 18.8 Å². The minimum absolute atomic E-state index is 0.0476. The molecule has 0 radical (unpaired) electrons. The molecule has 1 aromatic heterocycles. The number of para-hydroxylation sites is 1. The molecule has 0 bridgehead atoms. The molecule has 0 saturated heterocycles. The van der Waals surface area contributed by atoms with Gasteiger partial charge in [-0.15, -0.1) is 0 Å². The molecule has 23 heavy (non-hydrogen) atoms. The number of benzene rings is 1. The van der Waals surface area contributed by atoms with Crippen LogP contribution in [0.3, 0.4) is 0 Å². The smallest absolute Gasteiger partial charge is 0.233 e. The Hall–Kier alpha value is -2.43. The second kappa shape index (κ2) is 6.36. The van der Waals surface area contributed by atoms with Gasteiger partial charge in [-0.05, 0) is 19.4 Å². The summed E-state index contributed by atoms with van der Waals surface area (Å²) < 4.78 is 5.62. The van der Waals surface area contributed by atoms with Gasteiger partial charge in [-0.3, -0.25) is 4.79 Å². The third kappa shape index (κ3) is 3.33. The van der Waals surface area contributed by atoms with Crippen molar-refractivity contribution < 1.29 is 9.53 Å². The van der Waals surface area contributed by atoms with Crippen molar-refractivity contribution in [2.75, 3.05) is 11.9 Å². The highest BCUT2D eigenvalue weighted by molar-refractivity contribution is 5.95. The second-order valence-electron chi connectivity index (χ2n) is 6.12. The van der Waals surface area contributed by atoms with Crippen LogP contribution in [0.15, 0.2) is 30.3 Å². The zero-order valence-electron chi connectivity index (χ0n) is 13.7. The molecule has 0 fully saturated rings. The fourth-order valence-electron chi connectivity index (χ4n) is 2.74. The van der Waals surface area contributed by atoms with Crippen molar-refractivity contribution in [3.8, 4) is 5.75 Å². The van der Waals surface area contributed by atoms with E-state index >= 15 is 0 Å². The van der Waals surface area contributed by atoms with E-state index in [1.807, 2.05) is 45.0 Å². The van der Waals surface area contributed by atoms with E-state index in [1.165, 1.54) is 0 Å². The van der Waals surface area contributed by atoms with Gasteiger partial charge in [0.15, 0.2) is 0 Å². The third-order valence-electron chi connectivity index (χ3n) is 3.91. The second-order valence-corrected chi connectivity index (χ2v) is 6.12. The molecular weight excluding hydrogens is 290 g/mol. The minimum Gasteiger partial charge on any atom is -0.493 e. The SMILES string of the molecule is Cc1cc(NC(=O)C2CCOc3ccccc32)nc(C(C)C)n1. The van der Waals surface area contributed by atoms with Crippen LogP contribution < -0.4 is 10.1 Å². The van der Waals surface area contributed by atoms with Crippen LogP contribution in [-0.4, -0.2) is 22.5 Å². The van der Waals surface area contributed by atoms with E-state index in [0.717, 1.165) is 22.8 Å². The number of hydrogen-bond acceptors (Lipinski definition) is 4. The summed E-state index contributed by atoms with van der Waals surface area (Å²) in [4.78, 5) is 21.6. The number of rotatable bonds is 3. The van der Waals surface area contributed by atoms with Crippen molar-refractivity contribution in [2.24, 2.45) is 0 Å². The molecule has 0 saturated carbocycles. The summed E-state index contributed by atoms with van der Waals surface area (Å²) in [5, 5.41) is 2.94. The topological polar surface area (TPSA) is 64.1 Å². The standard InChI is InChI=1S/C18H21N3O2/c1-11(2)17-19-12(3)10-16(20-17)21-18(22)14-8-9-23-15-7-5-4-6-13(14)15/h4-7,10-11,14H,8-9H2,1-3H3,(H,19,20,21,22). The Labute approximate surface area is 136 Å². The van der Waals surface area contributed by atoms with Crippen LogP contribution >= 0.6 is 0 Å². The van der Waals surface area contributed by atoms with Crippen molar-refractivity contribution in [3.63, 3.8) is 0 Å². The normalized spacial score (nSPS) is 16.6. The predicted octanol–water partition coefficient (Wildman–Crippen LogP) is 3.41. The fourth-order valence-corrected chi connectivity index (χ4v) is 2.74. The number of hydrogen-bond donors (Lipinski definition) is 1. The van der Waals surface area contributed by atoms with Gasteiger partial charge in [0.05, 0.1) is 12.5 Å². The van der Waals surface area contributed by atoms with Crippen LogP contribution in [-0.2, 0) is 4.79 Å². The van der Waals surface area contributed by atoms with Crippen molar-refractivity contribution in [1.29, 1.82) is 0 Å². The molecule has 1 aliphatic rings. The minimum atomic E-state index is -0.210. The molecule has 5 nitrogen and oxygen atoms in total. The number of fused-ring (bicyclic) bond motifs is 1. The molecule has 0 spiro atoms. The van der Waals surface area contributed by atoms with Crippen LogP contribution in [0, 0.1) is 6.92 Å². The molecule has 1 aromatic carbocycles. The van der Waals surface area contributed by atoms with Crippen molar-refractivity contribution in [2.45, 2.75) is 39.0 Å². The Morgan fingerprint density at radius 3 is 2.87 bits per heavy atom. The van der Waals surface area contributed by atoms with E-state index in [4.69, 9.17) is 4.74 Å². The van der Waals surface area contributed by atoms with Crippen LogP contribution in [0.25, 0.3) is 0 Å². The molecule has 3 rings (SSSR count). The molecule has 5 heteroatoms. The molecule has 2 aromatic rings. The van der Waals surface area contributed by atoms with Gasteiger partial charge in [0.2, 0.25) is 5.91 Å². The first kappa shape index (κ1) is 15.5. The molecule has 1 N–H and O–H groups in total. The number of aromatic nitrogens is 2. The summed E-state index contributed by atoms with van der Waals surface area (Å²) in [5.74, 6) is 2.06. The largest absolute Gasteiger partial charge is 0.493 e. The lowest BCUT2D eigenvalue weighted by Crippen LogP contribution is -2.27. The van der Waals surface area contributed by atoms with Crippen molar-refractivity contribution >= 4 is 11.7 Å². The maximum Gasteiger partial charge on any atom is 0.233 e. The Bertz CT molecular complexity index is 728. The maximum absolute atomic E-state index is 12.7. The molecule has 120 valence electrons. The first-order chi connectivity index (χ1) is 11.0. The molecule has 2 heterocycles. The average molecular weight is 311 g/mol. The van der Waals surface area contributed by atoms with E-state index in [2.05, 4.69) is 15.3 Å². The summed E-state index contributed by atoms with van der Waals surface area (Å²) in [5.41, 5.74) is 1.79. The van der Waals surface area contributed by atoms with E-state index in [-0.39, 0.29) is 17.7 Å². The number of aryl methyl sites for hydroxylation is 1. The van der Waals surface area contributed by atoms with E-state index < -0.39 is 0 Å². The fraction of sp³-hybridized carbons (Fsp3) is 0.389. The van der Waals surface area contributed by atoms with Crippen molar-refractivity contribution in [1.82, 2.24) is 9.97 Å². The van der Waals surface area contributed by atoms with E-state index in [1.54, 1.807) is 6.07 Å². The molecule has 1 aliphatic heterocycles. The van der Waals surface area contributed by atoms with Gasteiger partial charge in [0.1, 0.15) is 17.4 Å². The Morgan fingerprint density at radius 1 is 1.30 bits per heavy atom. The van der Waals surface area contributed by atoms with Gasteiger partial charge in [-0.2, -0.15) is 0 Å². The number of ether oxygens (including phenoxy) is 1. The number of nitrogens with one attached hydrogen (secondary N) is 1. The summed E-state index contributed by atoms with van der Waals surface area (Å²) in [6, 6.07) is 9.50. The number of carbonyl (C=O) groups excluding carboxylic acids is 1. The summed E-state index contributed by atoms with van der Waals surface area (Å²) >= 11 is 0. The van der Waals surface area contributed by atoms with Crippen LogP contribution in [0.1, 0.15) is 49.2 Å². The van der Waals surface area contributed by atoms with Crippen LogP contribution in [0.2, 0.25) is 0 Å². The van der Waals surface area contributed by atoms with Crippen LogP contribution in [0.5, 0.6) is 5.75 Å². The number of anilines is 1. The van der Waals surface area contributed by atoms with Gasteiger partial charge in [0.25, 0.3) is 0 Å². The number of nitrogens with zero attached hydrogens (tertiary/aromatic N) is 2. The first-order valence-electron chi connectivity index (χ1n) is 7.93. The Morgan fingerprint density at radius 2 is 2.09 bits per heavy atom. The lowest BCUT2D eigenvalue weighted by Gasteiger charge is -2.25. The maximum atomic E-state index is 12.7. The third-order valence-corrected chi connectivity index (χ3v) is 3.91. The highest BCUT2D eigenvalue weighted by Crippen LogP contribution is 2.34. The number of amides is 1. The highest BCUT2D eigenvalue weighted by atomic mass is 16.5. The van der Waals surface area contributed by atoms with E-state index in [9.17, 15) is 4.79 Å². The number of carbonyl (C=O) groups is 1. The lowest BCUT2D eigenvalue weighted by atomic mass is 9.92. The van der Waals surface area contributed by atoms with Gasteiger partial charge in [-0.25, -0.2) is 9.97 Å². The quantitative estimate of drug-likeness (QED) is 0.943. The van der Waals surface area contributed by atoms with Gasteiger partial charge in [0, 0.05) is 23.2 Å². The summed E-state index contributed by atoms with van der Waals surface area (Å²) in [6.45, 7) is 6.53. The first-order valence-corrected chi connectivity index (χ1v) is 7.93. The van der Waals surface area contributed by atoms with Gasteiger partial charge < -0.3 is 10.1 Å². The molecule has 1 unspecified atom stereocenters. The van der Waals surface area contributed by atoms with Gasteiger partial charge >= 0.3 is 0 Å². The van der Waals surface area contributed by atoms with Crippen LogP contribution in [0.4, 0.5) is 5.82 Å². The molecular formula is C18H21N3O2. The zero-order valence-corrected chi connectivity index (χ0v) is 13.7. The predicted molar refractivity (Wildman–Crippen MR) is 88.8 cm³/mol. The highest BCUT2D eigenvalue weighted by Gasteiger charge is 2.27. The lowest BCUT2D eigenvalue weighted by molar-refractivity contribution is -0.118. The Balaban J connectivity index is 1.83. The monoisotopic (exact) mass is 311 g/mol. The Kier molecular flexibility index (Phi) is 4.28. The summed E-state index contributed by atoms with van der Waals surface area (Å²) in [6.07, 6.45) is 0.671. The van der Waals surface area contributed by atoms with Gasteiger partial charge in [-0.1, -0.05) is 32.0 Å². The zero-order chi connectivity index (χ0) is 16.4. The average Bonchev–Trinajstić information content (AvgIpc) is 2.53. The van der Waals surface area contributed by atoms with Crippen molar-refractivity contribution in [3.05, 3.63) is 47.4 Å².